The summed E-state index contributed by atoms with van der Waals surface area (Å²) in [5, 5.41) is 9.16. The van der Waals surface area contributed by atoms with Gasteiger partial charge in [-0.2, -0.15) is 0 Å². The first-order valence-corrected chi connectivity index (χ1v) is 10.0. The second-order valence-electron chi connectivity index (χ2n) is 6.68. The maximum absolute atomic E-state index is 14.4. The number of rotatable bonds is 5. The van der Waals surface area contributed by atoms with Crippen LogP contribution in [0.15, 0.2) is 59.8 Å². The van der Waals surface area contributed by atoms with Gasteiger partial charge in [-0.15, -0.1) is 10.2 Å². The van der Waals surface area contributed by atoms with Gasteiger partial charge in [-0.3, -0.25) is 9.36 Å². The third kappa shape index (κ3) is 3.95. The van der Waals surface area contributed by atoms with Crippen LogP contribution >= 0.6 is 11.8 Å². The van der Waals surface area contributed by atoms with E-state index in [0.29, 0.717) is 29.5 Å². The smallest absolute Gasteiger partial charge is 0.192 e. The number of carbonyl (C=O) groups excluding carboxylic acids is 1. The molecule has 0 amide bonds. The topological polar surface area (TPSA) is 47.8 Å². The number of aromatic nitrogens is 3. The van der Waals surface area contributed by atoms with Crippen LogP contribution in [0, 0.1) is 5.82 Å². The molecule has 0 spiro atoms. The van der Waals surface area contributed by atoms with E-state index in [4.69, 9.17) is 0 Å². The number of hydrogen-bond donors (Lipinski definition) is 0. The van der Waals surface area contributed by atoms with Gasteiger partial charge in [0, 0.05) is 6.42 Å². The predicted molar refractivity (Wildman–Crippen MR) is 104 cm³/mol. The van der Waals surface area contributed by atoms with E-state index in [-0.39, 0.29) is 16.9 Å². The Morgan fingerprint density at radius 1 is 1.04 bits per heavy atom. The molecule has 0 bridgehead atoms. The summed E-state index contributed by atoms with van der Waals surface area (Å²) in [5.74, 6) is 0.431. The number of benzene rings is 2. The minimum atomic E-state index is -0.329. The van der Waals surface area contributed by atoms with Crippen LogP contribution in [-0.2, 0) is 11.3 Å². The van der Waals surface area contributed by atoms with Gasteiger partial charge in [-0.25, -0.2) is 4.39 Å². The summed E-state index contributed by atoms with van der Waals surface area (Å²) in [6.45, 7) is 0.529. The fourth-order valence-electron chi connectivity index (χ4n) is 3.33. The molecule has 1 aromatic heterocycles. The number of ketones is 1. The Bertz CT molecular complexity index is 942. The first kappa shape index (κ1) is 17.9. The van der Waals surface area contributed by atoms with Crippen LogP contribution in [0.1, 0.15) is 31.2 Å². The van der Waals surface area contributed by atoms with Gasteiger partial charge in [-0.05, 0) is 30.5 Å². The first-order valence-electron chi connectivity index (χ1n) is 9.14. The molecule has 0 radical (unpaired) electrons. The lowest BCUT2D eigenvalue weighted by Gasteiger charge is -2.20. The minimum Gasteiger partial charge on any atom is -0.298 e. The van der Waals surface area contributed by atoms with Gasteiger partial charge in [0.2, 0.25) is 0 Å². The van der Waals surface area contributed by atoms with Crippen LogP contribution in [0.4, 0.5) is 4.39 Å². The zero-order chi connectivity index (χ0) is 18.6. The quantitative estimate of drug-likeness (QED) is 0.641. The molecule has 4 nitrogen and oxygen atoms in total. The molecule has 6 heteroatoms. The summed E-state index contributed by atoms with van der Waals surface area (Å²) in [6.07, 6.45) is 3.50. The van der Waals surface area contributed by atoms with Crippen molar-refractivity contribution in [3.8, 4) is 11.4 Å². The number of nitrogens with zero attached hydrogens (tertiary/aromatic N) is 3. The van der Waals surface area contributed by atoms with E-state index in [1.807, 2.05) is 34.9 Å². The molecule has 2 aromatic carbocycles. The van der Waals surface area contributed by atoms with Crippen LogP contribution in [-0.4, -0.2) is 25.8 Å². The van der Waals surface area contributed by atoms with Crippen LogP contribution in [0.3, 0.4) is 0 Å². The van der Waals surface area contributed by atoms with Crippen molar-refractivity contribution in [1.82, 2.24) is 14.8 Å². The summed E-state index contributed by atoms with van der Waals surface area (Å²) < 4.78 is 16.3. The summed E-state index contributed by atoms with van der Waals surface area (Å²) in [7, 11) is 0. The van der Waals surface area contributed by atoms with Gasteiger partial charge in [0.25, 0.3) is 0 Å². The van der Waals surface area contributed by atoms with Crippen molar-refractivity contribution >= 4 is 17.5 Å². The number of thioether (sulfide) groups is 1. The molecular weight excluding hydrogens is 361 g/mol. The average molecular weight is 381 g/mol. The molecule has 1 heterocycles. The van der Waals surface area contributed by atoms with Crippen molar-refractivity contribution in [3.63, 3.8) is 0 Å². The maximum atomic E-state index is 14.4. The van der Waals surface area contributed by atoms with Crippen molar-refractivity contribution in [2.75, 3.05) is 0 Å². The molecule has 0 N–H and O–H groups in total. The van der Waals surface area contributed by atoms with Crippen molar-refractivity contribution in [2.24, 2.45) is 0 Å². The van der Waals surface area contributed by atoms with E-state index in [2.05, 4.69) is 10.2 Å². The highest BCUT2D eigenvalue weighted by Gasteiger charge is 2.27. The minimum absolute atomic E-state index is 0.0917. The summed E-state index contributed by atoms with van der Waals surface area (Å²) in [6, 6.07) is 16.5. The molecule has 0 saturated heterocycles. The van der Waals surface area contributed by atoms with Gasteiger partial charge in [0.05, 0.1) is 17.4 Å². The fraction of sp³-hybridized carbons (Fsp3) is 0.286. The third-order valence-corrected chi connectivity index (χ3v) is 6.06. The average Bonchev–Trinajstić information content (AvgIpc) is 3.07. The van der Waals surface area contributed by atoms with Crippen molar-refractivity contribution in [1.29, 1.82) is 0 Å². The van der Waals surface area contributed by atoms with Gasteiger partial charge >= 0.3 is 0 Å². The monoisotopic (exact) mass is 381 g/mol. The molecule has 0 aliphatic heterocycles. The lowest BCUT2D eigenvalue weighted by atomic mass is 9.99. The van der Waals surface area contributed by atoms with Crippen molar-refractivity contribution in [3.05, 3.63) is 66.0 Å². The van der Waals surface area contributed by atoms with Gasteiger partial charge in [0.15, 0.2) is 11.0 Å². The number of carbonyl (C=O) groups is 1. The molecule has 1 aliphatic carbocycles. The van der Waals surface area contributed by atoms with Crippen LogP contribution in [0.5, 0.6) is 0 Å². The highest BCUT2D eigenvalue weighted by atomic mass is 32.2. The third-order valence-electron chi connectivity index (χ3n) is 4.76. The van der Waals surface area contributed by atoms with E-state index < -0.39 is 0 Å². The zero-order valence-electron chi connectivity index (χ0n) is 14.8. The largest absolute Gasteiger partial charge is 0.298 e. The number of Topliss-reactive ketones (excluding diaryl/α,β-unsaturated/α-hetero) is 1. The van der Waals surface area contributed by atoms with Crippen molar-refractivity contribution < 1.29 is 9.18 Å². The second kappa shape index (κ2) is 8.05. The summed E-state index contributed by atoms with van der Waals surface area (Å²) >= 11 is 1.46. The molecule has 1 aliphatic rings. The number of halogens is 1. The molecule has 3 aromatic rings. The predicted octanol–water partition coefficient (Wildman–Crippen LogP) is 4.74. The van der Waals surface area contributed by atoms with E-state index in [1.54, 1.807) is 18.2 Å². The number of hydrogen-bond acceptors (Lipinski definition) is 4. The van der Waals surface area contributed by atoms with Gasteiger partial charge < -0.3 is 0 Å². The lowest BCUT2D eigenvalue weighted by molar-refractivity contribution is -0.119. The lowest BCUT2D eigenvalue weighted by Crippen LogP contribution is -2.22. The Labute approximate surface area is 161 Å². The summed E-state index contributed by atoms with van der Waals surface area (Å²) in [5.41, 5.74) is 1.49. The molecule has 138 valence electrons. The molecule has 1 saturated carbocycles. The second-order valence-corrected chi connectivity index (χ2v) is 7.85. The Balaban J connectivity index is 1.72. The van der Waals surface area contributed by atoms with Crippen LogP contribution in [0.2, 0.25) is 0 Å². The van der Waals surface area contributed by atoms with Crippen molar-refractivity contribution in [2.45, 2.75) is 42.6 Å². The Hall–Kier alpha value is -2.47. The maximum Gasteiger partial charge on any atom is 0.192 e. The Morgan fingerprint density at radius 2 is 1.81 bits per heavy atom. The SMILES string of the molecule is O=C1CCCC[C@@H]1Sc1nnc(-c2ccccc2F)n1Cc1ccccc1. The molecule has 27 heavy (non-hydrogen) atoms. The van der Waals surface area contributed by atoms with Crippen LogP contribution in [0.25, 0.3) is 11.4 Å². The van der Waals surface area contributed by atoms with Gasteiger partial charge in [-0.1, -0.05) is 60.6 Å². The zero-order valence-corrected chi connectivity index (χ0v) is 15.7. The van der Waals surface area contributed by atoms with E-state index in [1.165, 1.54) is 17.8 Å². The highest BCUT2D eigenvalue weighted by molar-refractivity contribution is 8.00. The van der Waals surface area contributed by atoms with Gasteiger partial charge in [0.1, 0.15) is 11.6 Å². The Kier molecular flexibility index (Phi) is 5.34. The molecule has 1 fully saturated rings. The molecule has 1 atom stereocenters. The normalized spacial score (nSPS) is 17.2. The molecular formula is C21H20FN3OS. The fourth-order valence-corrected chi connectivity index (χ4v) is 4.48. The standard InChI is InChI=1S/C21H20FN3OS/c22-17-11-5-4-10-16(17)20-23-24-21(27-19-13-7-6-12-18(19)26)25(20)14-15-8-2-1-3-9-15/h1-5,8-11,19H,6-7,12-14H2/t19-/m0/s1. The van der Waals surface area contributed by atoms with Crippen LogP contribution < -0.4 is 0 Å². The van der Waals surface area contributed by atoms with E-state index in [9.17, 15) is 9.18 Å². The van der Waals surface area contributed by atoms with E-state index >= 15 is 0 Å². The van der Waals surface area contributed by atoms with E-state index in [0.717, 1.165) is 24.8 Å². The molecule has 0 unspecified atom stereocenters. The Morgan fingerprint density at radius 3 is 2.59 bits per heavy atom. The summed E-state index contributed by atoms with van der Waals surface area (Å²) in [4.78, 5) is 12.3. The highest BCUT2D eigenvalue weighted by Crippen LogP contribution is 2.33. The molecule has 4 rings (SSSR count). The first-order chi connectivity index (χ1) is 13.2.